The molecule has 0 saturated carbocycles. The fourth-order valence-corrected chi connectivity index (χ4v) is 2.37. The highest BCUT2D eigenvalue weighted by Crippen LogP contribution is 2.23. The summed E-state index contributed by atoms with van der Waals surface area (Å²) in [6.45, 7) is 1.08. The van der Waals surface area contributed by atoms with E-state index in [1.165, 1.54) is 12.8 Å². The van der Waals surface area contributed by atoms with Crippen molar-refractivity contribution in [3.63, 3.8) is 0 Å². The molecule has 2 N–H and O–H groups in total. The van der Waals surface area contributed by atoms with Gasteiger partial charge in [-0.15, -0.1) is 6.42 Å². The van der Waals surface area contributed by atoms with Gasteiger partial charge in [0.2, 0.25) is 0 Å². The molecule has 3 nitrogen and oxygen atoms in total. The van der Waals surface area contributed by atoms with E-state index in [0.717, 1.165) is 35.4 Å². The molecule has 1 atom stereocenters. The first-order valence-corrected chi connectivity index (χ1v) is 6.06. The van der Waals surface area contributed by atoms with Crippen molar-refractivity contribution >= 4 is 11.0 Å². The zero-order valence-electron chi connectivity index (χ0n) is 9.66. The second-order valence-corrected chi connectivity index (χ2v) is 4.50. The summed E-state index contributed by atoms with van der Waals surface area (Å²) in [5.74, 6) is 3.67. The summed E-state index contributed by atoms with van der Waals surface area (Å²) in [5.41, 5.74) is 2.90. The molecule has 0 unspecified atom stereocenters. The Morgan fingerprint density at radius 3 is 3.06 bits per heavy atom. The van der Waals surface area contributed by atoms with Crippen molar-refractivity contribution in [2.24, 2.45) is 0 Å². The molecule has 3 heteroatoms. The number of H-pyrrole nitrogens is 1. The van der Waals surface area contributed by atoms with Crippen LogP contribution >= 0.6 is 0 Å². The molecule has 2 aromatic rings. The molecule has 3 rings (SSSR count). The first-order chi connectivity index (χ1) is 8.36. The van der Waals surface area contributed by atoms with E-state index in [1.54, 1.807) is 0 Å². The average molecular weight is 225 g/mol. The average Bonchev–Trinajstić information content (AvgIpc) is 2.82. The first-order valence-electron chi connectivity index (χ1n) is 6.06. The Morgan fingerprint density at radius 2 is 2.29 bits per heavy atom. The summed E-state index contributed by atoms with van der Waals surface area (Å²) in [7, 11) is 0. The lowest BCUT2D eigenvalue weighted by Gasteiger charge is -2.21. The molecule has 0 radical (unpaired) electrons. The highest BCUT2D eigenvalue weighted by atomic mass is 15.0. The zero-order chi connectivity index (χ0) is 11.7. The Bertz CT molecular complexity index is 571. The summed E-state index contributed by atoms with van der Waals surface area (Å²) >= 11 is 0. The third kappa shape index (κ3) is 1.92. The molecule has 0 spiro atoms. The quantitative estimate of drug-likeness (QED) is 0.731. The van der Waals surface area contributed by atoms with Gasteiger partial charge in [-0.05, 0) is 37.6 Å². The number of imidazole rings is 1. The molecular weight excluding hydrogens is 210 g/mol. The van der Waals surface area contributed by atoms with Crippen LogP contribution in [0.4, 0.5) is 0 Å². The van der Waals surface area contributed by atoms with Crippen molar-refractivity contribution in [1.29, 1.82) is 0 Å². The van der Waals surface area contributed by atoms with E-state index >= 15 is 0 Å². The molecule has 0 bridgehead atoms. The maximum absolute atomic E-state index is 5.39. The molecule has 2 heterocycles. The third-order valence-corrected chi connectivity index (χ3v) is 3.31. The molecule has 17 heavy (non-hydrogen) atoms. The van der Waals surface area contributed by atoms with Gasteiger partial charge in [-0.1, -0.05) is 12.3 Å². The van der Waals surface area contributed by atoms with Crippen LogP contribution in [0.15, 0.2) is 18.2 Å². The summed E-state index contributed by atoms with van der Waals surface area (Å²) in [4.78, 5) is 8.01. The highest BCUT2D eigenvalue weighted by Gasteiger charge is 2.17. The maximum atomic E-state index is 5.39. The van der Waals surface area contributed by atoms with Gasteiger partial charge in [0.25, 0.3) is 0 Å². The Labute approximate surface area is 101 Å². The number of nitrogens with one attached hydrogen (secondary N) is 2. The van der Waals surface area contributed by atoms with Crippen LogP contribution in [0.2, 0.25) is 0 Å². The molecule has 0 amide bonds. The second kappa shape index (κ2) is 4.23. The summed E-state index contributed by atoms with van der Waals surface area (Å²) in [6.07, 6.45) is 9.07. The lowest BCUT2D eigenvalue weighted by molar-refractivity contribution is 0.400. The van der Waals surface area contributed by atoms with Crippen molar-refractivity contribution < 1.29 is 0 Å². The van der Waals surface area contributed by atoms with Gasteiger partial charge in [0.1, 0.15) is 5.82 Å². The topological polar surface area (TPSA) is 40.7 Å². The number of fused-ring (bicyclic) bond motifs is 1. The predicted octanol–water partition coefficient (Wildman–Crippen LogP) is 2.36. The van der Waals surface area contributed by atoms with Crippen molar-refractivity contribution in [1.82, 2.24) is 15.3 Å². The molecule has 1 aliphatic heterocycles. The van der Waals surface area contributed by atoms with Crippen LogP contribution in [0.5, 0.6) is 0 Å². The summed E-state index contributed by atoms with van der Waals surface area (Å²) in [5, 5.41) is 3.49. The van der Waals surface area contributed by atoms with E-state index in [-0.39, 0.29) is 0 Å². The van der Waals surface area contributed by atoms with Gasteiger partial charge in [0.15, 0.2) is 0 Å². The maximum Gasteiger partial charge on any atom is 0.124 e. The molecular formula is C14H15N3. The van der Waals surface area contributed by atoms with Crippen LogP contribution in [0.3, 0.4) is 0 Å². The van der Waals surface area contributed by atoms with E-state index < -0.39 is 0 Å². The smallest absolute Gasteiger partial charge is 0.124 e. The minimum Gasteiger partial charge on any atom is -0.341 e. The number of rotatable bonds is 1. The minimum atomic E-state index is 0.366. The number of hydrogen-bond acceptors (Lipinski definition) is 2. The number of hydrogen-bond donors (Lipinski definition) is 2. The van der Waals surface area contributed by atoms with Gasteiger partial charge in [-0.3, -0.25) is 0 Å². The van der Waals surface area contributed by atoms with Crippen LogP contribution in [0.1, 0.15) is 36.7 Å². The standard InChI is InChI=1S/C14H15N3/c1-2-10-6-7-11-13(9-10)17-14(16-11)12-5-3-4-8-15-12/h1,6-7,9,12,15H,3-5,8H2,(H,16,17)/t12-/m0/s1. The number of benzene rings is 1. The van der Waals surface area contributed by atoms with Gasteiger partial charge in [0, 0.05) is 5.56 Å². The van der Waals surface area contributed by atoms with Gasteiger partial charge in [0.05, 0.1) is 17.1 Å². The lowest BCUT2D eigenvalue weighted by Crippen LogP contribution is -2.27. The van der Waals surface area contributed by atoms with E-state index in [0.29, 0.717) is 6.04 Å². The number of aromatic nitrogens is 2. The second-order valence-electron chi connectivity index (χ2n) is 4.50. The lowest BCUT2D eigenvalue weighted by atomic mass is 10.0. The Balaban J connectivity index is 1.98. The van der Waals surface area contributed by atoms with Crippen molar-refractivity contribution in [3.8, 4) is 12.3 Å². The van der Waals surface area contributed by atoms with Crippen LogP contribution in [-0.4, -0.2) is 16.5 Å². The Kier molecular flexibility index (Phi) is 2.58. The first kappa shape index (κ1) is 10.4. The molecule has 0 aliphatic carbocycles. The molecule has 1 aliphatic rings. The van der Waals surface area contributed by atoms with Gasteiger partial charge in [-0.25, -0.2) is 4.98 Å². The monoisotopic (exact) mass is 225 g/mol. The highest BCUT2D eigenvalue weighted by molar-refractivity contribution is 5.77. The van der Waals surface area contributed by atoms with Crippen molar-refractivity contribution in [2.75, 3.05) is 6.54 Å². The zero-order valence-corrected chi connectivity index (χ0v) is 9.66. The fourth-order valence-electron chi connectivity index (χ4n) is 2.37. The van der Waals surface area contributed by atoms with Crippen molar-refractivity contribution in [2.45, 2.75) is 25.3 Å². The van der Waals surface area contributed by atoms with Crippen LogP contribution < -0.4 is 5.32 Å². The van der Waals surface area contributed by atoms with Gasteiger partial charge in [-0.2, -0.15) is 0 Å². The molecule has 86 valence electrons. The summed E-state index contributed by atoms with van der Waals surface area (Å²) in [6, 6.07) is 6.27. The third-order valence-electron chi connectivity index (χ3n) is 3.31. The minimum absolute atomic E-state index is 0.366. The predicted molar refractivity (Wildman–Crippen MR) is 68.6 cm³/mol. The van der Waals surface area contributed by atoms with E-state index in [2.05, 4.69) is 21.2 Å². The number of nitrogens with zero attached hydrogens (tertiary/aromatic N) is 1. The molecule has 1 saturated heterocycles. The number of terminal acetylenes is 1. The summed E-state index contributed by atoms with van der Waals surface area (Å²) < 4.78 is 0. The van der Waals surface area contributed by atoms with E-state index in [1.807, 2.05) is 18.2 Å². The SMILES string of the molecule is C#Cc1ccc2[nH]c([C@@H]3CCCCN3)nc2c1. The number of piperidine rings is 1. The van der Waals surface area contributed by atoms with Crippen LogP contribution in [-0.2, 0) is 0 Å². The number of aromatic amines is 1. The molecule has 1 aromatic heterocycles. The molecule has 1 aromatic carbocycles. The molecule has 1 fully saturated rings. The van der Waals surface area contributed by atoms with E-state index in [4.69, 9.17) is 6.42 Å². The van der Waals surface area contributed by atoms with Gasteiger partial charge < -0.3 is 10.3 Å². The van der Waals surface area contributed by atoms with Crippen molar-refractivity contribution in [3.05, 3.63) is 29.6 Å². The largest absolute Gasteiger partial charge is 0.341 e. The van der Waals surface area contributed by atoms with E-state index in [9.17, 15) is 0 Å². The normalized spacial score (nSPS) is 20.3. The Morgan fingerprint density at radius 1 is 1.35 bits per heavy atom. The fraction of sp³-hybridized carbons (Fsp3) is 0.357. The van der Waals surface area contributed by atoms with Gasteiger partial charge >= 0.3 is 0 Å². The Hall–Kier alpha value is -1.79. The van der Waals surface area contributed by atoms with Crippen LogP contribution in [0.25, 0.3) is 11.0 Å². The van der Waals surface area contributed by atoms with Crippen LogP contribution in [0, 0.1) is 12.3 Å².